The lowest BCUT2D eigenvalue weighted by molar-refractivity contribution is -0.137. The van der Waals surface area contributed by atoms with Crippen molar-refractivity contribution in [2.24, 2.45) is 0 Å². The Kier molecular flexibility index (Phi) is 8.09. The predicted molar refractivity (Wildman–Crippen MR) is 108 cm³/mol. The molecule has 3 heterocycles. The Balaban J connectivity index is 0.000000438. The summed E-state index contributed by atoms with van der Waals surface area (Å²) in [5.41, 5.74) is -1.28. The molecule has 1 atom stereocenters. The van der Waals surface area contributed by atoms with E-state index in [4.69, 9.17) is 0 Å². The van der Waals surface area contributed by atoms with E-state index in [-0.39, 0.29) is 38.5 Å². The maximum absolute atomic E-state index is 13.2. The van der Waals surface area contributed by atoms with Crippen LogP contribution in [0.4, 0.5) is 13.2 Å². The number of rotatable bonds is 3. The lowest BCUT2D eigenvalue weighted by Gasteiger charge is -2.10. The number of carbonyl (C=O) groups is 1. The number of allylic oxidation sites excluding steroid dienone is 2. The van der Waals surface area contributed by atoms with Crippen LogP contribution in [0.5, 0.6) is 0 Å². The number of aromatic nitrogens is 2. The van der Waals surface area contributed by atoms with Gasteiger partial charge < -0.3 is 5.32 Å². The van der Waals surface area contributed by atoms with Crippen LogP contribution in [0.2, 0.25) is 0 Å². The van der Waals surface area contributed by atoms with Gasteiger partial charge in [0.15, 0.2) is 0 Å². The van der Waals surface area contributed by atoms with Gasteiger partial charge in [0.05, 0.1) is 26.3 Å². The zero-order valence-corrected chi connectivity index (χ0v) is 17.9. The summed E-state index contributed by atoms with van der Waals surface area (Å²) >= 11 is 0.857. The number of aryl methyl sites for hydroxylation is 1. The van der Waals surface area contributed by atoms with E-state index in [9.17, 15) is 22.2 Å². The number of alkyl halides is 3. The number of carbonyl (C=O) groups excluding carboxylic acids is 1. The van der Waals surface area contributed by atoms with E-state index in [0.29, 0.717) is 0 Å². The van der Waals surface area contributed by atoms with Crippen molar-refractivity contribution in [1.82, 2.24) is 15.3 Å². The van der Waals surface area contributed by atoms with Crippen LogP contribution in [0.15, 0.2) is 29.3 Å². The molecule has 29 heavy (non-hydrogen) atoms. The summed E-state index contributed by atoms with van der Waals surface area (Å²) in [7, 11) is -1.44. The van der Waals surface area contributed by atoms with E-state index in [1.54, 1.807) is 0 Å². The van der Waals surface area contributed by atoms with E-state index < -0.39 is 28.4 Å². The summed E-state index contributed by atoms with van der Waals surface area (Å²) in [4.78, 5) is 20.0. The van der Waals surface area contributed by atoms with Crippen LogP contribution in [0.3, 0.4) is 0 Å². The Hall–Kier alpha value is -2.07. The van der Waals surface area contributed by atoms with Crippen LogP contribution in [0, 0.1) is 6.92 Å². The fraction of sp³-hybridized carbons (Fsp3) is 0.421. The smallest absolute Gasteiger partial charge is 0.350 e. The SMILES string of the molecule is CC=CCCC.Cc1ncc(C(F)(F)F)c(-c2cc3c(s2)C(=O)NCCS3=O)n1. The molecule has 0 spiro atoms. The molecule has 2 aromatic rings. The molecule has 3 rings (SSSR count). The van der Waals surface area contributed by atoms with Gasteiger partial charge in [0, 0.05) is 18.5 Å². The normalized spacial score (nSPS) is 16.6. The predicted octanol–water partition coefficient (Wildman–Crippen LogP) is 4.75. The second-order valence-corrected chi connectivity index (χ2v) is 8.74. The molecule has 1 aliphatic heterocycles. The van der Waals surface area contributed by atoms with Gasteiger partial charge in [-0.3, -0.25) is 9.00 Å². The van der Waals surface area contributed by atoms with E-state index >= 15 is 0 Å². The fourth-order valence-corrected chi connectivity index (χ4v) is 4.97. The average Bonchev–Trinajstić information content (AvgIpc) is 3.06. The third-order valence-electron chi connectivity index (χ3n) is 3.86. The van der Waals surface area contributed by atoms with Gasteiger partial charge in [0.1, 0.15) is 16.3 Å². The fourth-order valence-electron chi connectivity index (χ4n) is 2.46. The van der Waals surface area contributed by atoms with Crippen molar-refractivity contribution in [2.45, 2.75) is 44.7 Å². The number of amides is 1. The van der Waals surface area contributed by atoms with E-state index in [0.717, 1.165) is 17.5 Å². The average molecular weight is 446 g/mol. The van der Waals surface area contributed by atoms with Gasteiger partial charge in [-0.05, 0) is 26.3 Å². The highest BCUT2D eigenvalue weighted by molar-refractivity contribution is 7.85. The Labute approximate surface area is 173 Å². The van der Waals surface area contributed by atoms with Gasteiger partial charge in [-0.25, -0.2) is 9.97 Å². The van der Waals surface area contributed by atoms with Crippen molar-refractivity contribution in [3.8, 4) is 10.6 Å². The number of unbranched alkanes of at least 4 members (excludes halogenated alkanes) is 1. The first-order valence-corrected chi connectivity index (χ1v) is 11.1. The van der Waals surface area contributed by atoms with Crippen molar-refractivity contribution in [2.75, 3.05) is 12.3 Å². The van der Waals surface area contributed by atoms with Crippen LogP contribution >= 0.6 is 11.3 Å². The quantitative estimate of drug-likeness (QED) is 0.693. The minimum atomic E-state index is -4.62. The Morgan fingerprint density at radius 3 is 2.69 bits per heavy atom. The first kappa shape index (κ1) is 23.2. The summed E-state index contributed by atoms with van der Waals surface area (Å²) in [6.07, 6.45) is 2.87. The number of thiophene rings is 1. The van der Waals surface area contributed by atoms with Crippen molar-refractivity contribution < 1.29 is 22.2 Å². The van der Waals surface area contributed by atoms with Crippen molar-refractivity contribution in [3.05, 3.63) is 40.7 Å². The molecule has 1 N–H and O–H groups in total. The van der Waals surface area contributed by atoms with E-state index in [2.05, 4.69) is 41.3 Å². The number of fused-ring (bicyclic) bond motifs is 1. The van der Waals surface area contributed by atoms with Crippen LogP contribution in [0.1, 0.15) is 47.7 Å². The van der Waals surface area contributed by atoms with Crippen LogP contribution in [-0.2, 0) is 17.0 Å². The molecule has 1 unspecified atom stereocenters. The van der Waals surface area contributed by atoms with Crippen molar-refractivity contribution in [1.29, 1.82) is 0 Å². The molecule has 0 saturated heterocycles. The van der Waals surface area contributed by atoms with Crippen molar-refractivity contribution >= 4 is 28.0 Å². The number of halogens is 3. The number of nitrogens with zero attached hydrogens (tertiary/aromatic N) is 2. The van der Waals surface area contributed by atoms with Gasteiger partial charge in [0.25, 0.3) is 5.91 Å². The third-order valence-corrected chi connectivity index (χ3v) is 6.52. The Morgan fingerprint density at radius 1 is 1.38 bits per heavy atom. The molecule has 0 fully saturated rings. The highest BCUT2D eigenvalue weighted by Gasteiger charge is 2.36. The first-order chi connectivity index (χ1) is 13.7. The summed E-state index contributed by atoms with van der Waals surface area (Å²) in [5.74, 6) is -0.0206. The van der Waals surface area contributed by atoms with Gasteiger partial charge in [-0.1, -0.05) is 25.5 Å². The lowest BCUT2D eigenvalue weighted by atomic mass is 10.2. The van der Waals surface area contributed by atoms with E-state index in [1.807, 2.05) is 0 Å². The summed E-state index contributed by atoms with van der Waals surface area (Å²) in [5, 5.41) is 2.58. The second kappa shape index (κ2) is 10.1. The maximum Gasteiger partial charge on any atom is 0.420 e. The summed E-state index contributed by atoms with van der Waals surface area (Å²) in [6.45, 7) is 5.98. The van der Waals surface area contributed by atoms with Crippen LogP contribution in [-0.4, -0.2) is 32.4 Å². The highest BCUT2D eigenvalue weighted by Crippen LogP contribution is 2.40. The Morgan fingerprint density at radius 2 is 2.10 bits per heavy atom. The molecular formula is C19H22F3N3O2S2. The van der Waals surface area contributed by atoms with Gasteiger partial charge >= 0.3 is 6.18 Å². The van der Waals surface area contributed by atoms with Crippen molar-refractivity contribution in [3.63, 3.8) is 0 Å². The molecule has 2 aromatic heterocycles. The second-order valence-electron chi connectivity index (χ2n) is 6.14. The molecule has 0 bridgehead atoms. The number of hydrogen-bond acceptors (Lipinski definition) is 5. The zero-order chi connectivity index (χ0) is 21.6. The van der Waals surface area contributed by atoms with Gasteiger partial charge in [-0.15, -0.1) is 11.3 Å². The standard InChI is InChI=1S/C13H10F3N3O2S2.C6H12/c1-6-18-5-7(13(14,15)16)10(19-6)8-4-9-11(22-8)12(20)17-2-3-23(9)21;1-3-5-6-4-2/h4-5H,2-3H2,1H3,(H,17,20);3,5H,4,6H2,1-2H3. The van der Waals surface area contributed by atoms with Gasteiger partial charge in [0.2, 0.25) is 0 Å². The minimum absolute atomic E-state index is 0.151. The van der Waals surface area contributed by atoms with Crippen LogP contribution < -0.4 is 5.32 Å². The third kappa shape index (κ3) is 5.96. The molecule has 158 valence electrons. The molecule has 1 amide bonds. The van der Waals surface area contributed by atoms with E-state index in [1.165, 1.54) is 25.8 Å². The zero-order valence-electron chi connectivity index (χ0n) is 16.3. The molecule has 0 aromatic carbocycles. The Bertz CT molecular complexity index is 890. The molecule has 5 nitrogen and oxygen atoms in total. The van der Waals surface area contributed by atoms with Crippen LogP contribution in [0.25, 0.3) is 10.6 Å². The lowest BCUT2D eigenvalue weighted by Crippen LogP contribution is -2.23. The number of nitrogens with one attached hydrogen (secondary N) is 1. The number of hydrogen-bond donors (Lipinski definition) is 1. The first-order valence-electron chi connectivity index (χ1n) is 9.01. The molecule has 0 radical (unpaired) electrons. The largest absolute Gasteiger partial charge is 0.420 e. The summed E-state index contributed by atoms with van der Waals surface area (Å²) < 4.78 is 51.6. The van der Waals surface area contributed by atoms with Gasteiger partial charge in [-0.2, -0.15) is 13.2 Å². The minimum Gasteiger partial charge on any atom is -0.350 e. The summed E-state index contributed by atoms with van der Waals surface area (Å²) in [6, 6.07) is 1.36. The molecule has 10 heteroatoms. The molecule has 0 aliphatic carbocycles. The monoisotopic (exact) mass is 445 g/mol. The highest BCUT2D eigenvalue weighted by atomic mass is 32.2. The maximum atomic E-state index is 13.2. The molecule has 1 aliphatic rings. The molecular weight excluding hydrogens is 423 g/mol. The molecule has 0 saturated carbocycles. The topological polar surface area (TPSA) is 72.0 Å².